The van der Waals surface area contributed by atoms with Gasteiger partial charge in [0, 0.05) is 38.8 Å². The normalized spacial score (nSPS) is 21.4. The predicted molar refractivity (Wildman–Crippen MR) is 88.9 cm³/mol. The quantitative estimate of drug-likeness (QED) is 0.840. The molecule has 0 bridgehead atoms. The summed E-state index contributed by atoms with van der Waals surface area (Å²) in [5.74, 6) is -0.530. The van der Waals surface area contributed by atoms with Crippen LogP contribution in [-0.2, 0) is 19.6 Å². The first-order valence-corrected chi connectivity index (χ1v) is 9.36. The summed E-state index contributed by atoms with van der Waals surface area (Å²) < 4.78 is 25.3. The van der Waals surface area contributed by atoms with E-state index in [0.29, 0.717) is 12.2 Å². The smallest absolute Gasteiger partial charge is 0.242 e. The second kappa shape index (κ2) is 6.18. The van der Waals surface area contributed by atoms with Gasteiger partial charge in [-0.1, -0.05) is 0 Å². The van der Waals surface area contributed by atoms with E-state index in [1.54, 1.807) is 17.0 Å². The summed E-state index contributed by atoms with van der Waals surface area (Å²) in [4.78, 5) is 26.0. The molecule has 1 aromatic carbocycles. The molecule has 1 aliphatic carbocycles. The Kier molecular flexibility index (Phi) is 4.35. The second-order valence-electron chi connectivity index (χ2n) is 6.47. The van der Waals surface area contributed by atoms with E-state index in [4.69, 9.17) is 0 Å². The molecule has 8 heteroatoms. The molecule has 1 N–H and O–H groups in total. The summed E-state index contributed by atoms with van der Waals surface area (Å²) in [6.07, 6.45) is 2.21. The average Bonchev–Trinajstić information content (AvgIpc) is 3.26. The summed E-state index contributed by atoms with van der Waals surface area (Å²) in [6, 6.07) is 6.45. The minimum atomic E-state index is -3.50. The first kappa shape index (κ1) is 16.9. The minimum Gasteiger partial charge on any atom is -0.353 e. The van der Waals surface area contributed by atoms with Crippen LogP contribution in [0.15, 0.2) is 29.2 Å². The van der Waals surface area contributed by atoms with Crippen LogP contribution in [0.5, 0.6) is 0 Å². The Morgan fingerprint density at radius 1 is 1.21 bits per heavy atom. The largest absolute Gasteiger partial charge is 0.353 e. The van der Waals surface area contributed by atoms with Gasteiger partial charge < -0.3 is 10.2 Å². The molecular weight excluding hydrogens is 330 g/mol. The zero-order valence-corrected chi connectivity index (χ0v) is 14.5. The molecule has 2 aliphatic rings. The first-order valence-electron chi connectivity index (χ1n) is 7.92. The maximum absolute atomic E-state index is 12.2. The number of hydrogen-bond acceptors (Lipinski definition) is 4. The van der Waals surface area contributed by atoms with Crippen molar-refractivity contribution in [3.63, 3.8) is 0 Å². The Morgan fingerprint density at radius 3 is 2.38 bits per heavy atom. The number of amides is 2. The maximum atomic E-state index is 12.2. The van der Waals surface area contributed by atoms with Crippen LogP contribution in [0.1, 0.15) is 19.3 Å². The van der Waals surface area contributed by atoms with Crippen molar-refractivity contribution in [1.29, 1.82) is 0 Å². The number of nitrogens with one attached hydrogen (secondary N) is 1. The summed E-state index contributed by atoms with van der Waals surface area (Å²) in [7, 11) is -0.559. The van der Waals surface area contributed by atoms with Gasteiger partial charge in [0.05, 0.1) is 10.8 Å². The number of carbonyl (C=O) groups is 2. The summed E-state index contributed by atoms with van der Waals surface area (Å²) in [5, 5.41) is 2.93. The molecule has 0 spiro atoms. The van der Waals surface area contributed by atoms with E-state index in [-0.39, 0.29) is 35.1 Å². The van der Waals surface area contributed by atoms with Crippen molar-refractivity contribution in [1.82, 2.24) is 9.62 Å². The molecule has 2 fully saturated rings. The number of benzene rings is 1. The number of sulfonamides is 1. The number of hydrogen-bond donors (Lipinski definition) is 1. The second-order valence-corrected chi connectivity index (χ2v) is 8.62. The third-order valence-electron chi connectivity index (χ3n) is 4.35. The van der Waals surface area contributed by atoms with Crippen LogP contribution in [0.3, 0.4) is 0 Å². The standard InChI is InChI=1S/C16H21N3O4S/c1-18(2)24(22,23)14-7-5-13(6-8-14)19-10-11(9-15(19)20)16(21)17-12-3-4-12/h5-8,11-12H,3-4,9-10H2,1-2H3,(H,17,21)/t11-/m1/s1. The van der Waals surface area contributed by atoms with E-state index in [0.717, 1.165) is 17.1 Å². The van der Waals surface area contributed by atoms with Crippen LogP contribution in [0.25, 0.3) is 0 Å². The van der Waals surface area contributed by atoms with Crippen molar-refractivity contribution in [2.45, 2.75) is 30.2 Å². The molecule has 0 aromatic heterocycles. The molecule has 2 amide bonds. The lowest BCUT2D eigenvalue weighted by molar-refractivity contribution is -0.126. The van der Waals surface area contributed by atoms with E-state index in [1.807, 2.05) is 0 Å². The summed E-state index contributed by atoms with van der Waals surface area (Å²) in [6.45, 7) is 0.331. The molecule has 0 unspecified atom stereocenters. The van der Waals surface area contributed by atoms with Gasteiger partial charge in [-0.2, -0.15) is 0 Å². The average molecular weight is 351 g/mol. The first-order chi connectivity index (χ1) is 11.3. The molecule has 1 atom stereocenters. The Morgan fingerprint density at radius 2 is 1.83 bits per heavy atom. The van der Waals surface area contributed by atoms with E-state index < -0.39 is 10.0 Å². The Bertz CT molecular complexity index is 754. The van der Waals surface area contributed by atoms with Crippen LogP contribution in [0, 0.1) is 5.92 Å². The van der Waals surface area contributed by atoms with E-state index >= 15 is 0 Å². The molecular formula is C16H21N3O4S. The van der Waals surface area contributed by atoms with Crippen LogP contribution in [-0.4, -0.2) is 51.2 Å². The minimum absolute atomic E-state index is 0.0693. The lowest BCUT2D eigenvalue weighted by Crippen LogP contribution is -2.34. The van der Waals surface area contributed by atoms with Crippen LogP contribution < -0.4 is 10.2 Å². The molecule has 1 heterocycles. The van der Waals surface area contributed by atoms with Gasteiger partial charge >= 0.3 is 0 Å². The van der Waals surface area contributed by atoms with Gasteiger partial charge in [0.15, 0.2) is 0 Å². The van der Waals surface area contributed by atoms with Gasteiger partial charge in [-0.3, -0.25) is 9.59 Å². The SMILES string of the molecule is CN(C)S(=O)(=O)c1ccc(N2C[C@H](C(=O)NC3CC3)CC2=O)cc1. The molecule has 3 rings (SSSR count). The third kappa shape index (κ3) is 3.29. The van der Waals surface area contributed by atoms with Gasteiger partial charge in [-0.25, -0.2) is 12.7 Å². The molecule has 7 nitrogen and oxygen atoms in total. The van der Waals surface area contributed by atoms with Crippen LogP contribution in [0.2, 0.25) is 0 Å². The maximum Gasteiger partial charge on any atom is 0.242 e. The molecule has 1 aliphatic heterocycles. The Labute approximate surface area is 141 Å². The van der Waals surface area contributed by atoms with Crippen molar-refractivity contribution in [3.8, 4) is 0 Å². The van der Waals surface area contributed by atoms with E-state index in [2.05, 4.69) is 5.32 Å². The molecule has 1 aromatic rings. The number of rotatable bonds is 5. The highest BCUT2D eigenvalue weighted by Gasteiger charge is 2.37. The fourth-order valence-electron chi connectivity index (χ4n) is 2.69. The summed E-state index contributed by atoms with van der Waals surface area (Å²) in [5.41, 5.74) is 0.611. The van der Waals surface area contributed by atoms with Crippen molar-refractivity contribution < 1.29 is 18.0 Å². The molecule has 0 radical (unpaired) electrons. The van der Waals surface area contributed by atoms with Gasteiger partial charge in [-0.05, 0) is 37.1 Å². The third-order valence-corrected chi connectivity index (χ3v) is 6.18. The topological polar surface area (TPSA) is 86.8 Å². The Balaban J connectivity index is 1.72. The fraction of sp³-hybridized carbons (Fsp3) is 0.500. The van der Waals surface area contributed by atoms with Crippen molar-refractivity contribution in [3.05, 3.63) is 24.3 Å². The van der Waals surface area contributed by atoms with Gasteiger partial charge in [0.25, 0.3) is 0 Å². The van der Waals surface area contributed by atoms with E-state index in [9.17, 15) is 18.0 Å². The molecule has 1 saturated heterocycles. The van der Waals surface area contributed by atoms with Gasteiger partial charge in [-0.15, -0.1) is 0 Å². The molecule has 1 saturated carbocycles. The molecule has 130 valence electrons. The van der Waals surface area contributed by atoms with Gasteiger partial charge in [0.2, 0.25) is 21.8 Å². The van der Waals surface area contributed by atoms with Crippen LogP contribution in [0.4, 0.5) is 5.69 Å². The van der Waals surface area contributed by atoms with Crippen molar-refractivity contribution in [2.75, 3.05) is 25.5 Å². The zero-order chi connectivity index (χ0) is 17.5. The van der Waals surface area contributed by atoms with Crippen molar-refractivity contribution in [2.24, 2.45) is 5.92 Å². The number of anilines is 1. The highest BCUT2D eigenvalue weighted by Crippen LogP contribution is 2.28. The van der Waals surface area contributed by atoms with Crippen LogP contribution >= 0.6 is 0 Å². The molecule has 24 heavy (non-hydrogen) atoms. The highest BCUT2D eigenvalue weighted by atomic mass is 32.2. The lowest BCUT2D eigenvalue weighted by Gasteiger charge is -2.18. The Hall–Kier alpha value is -1.93. The van der Waals surface area contributed by atoms with Gasteiger partial charge in [0.1, 0.15) is 0 Å². The number of nitrogens with zero attached hydrogens (tertiary/aromatic N) is 2. The highest BCUT2D eigenvalue weighted by molar-refractivity contribution is 7.89. The van der Waals surface area contributed by atoms with E-state index in [1.165, 1.54) is 26.2 Å². The fourth-order valence-corrected chi connectivity index (χ4v) is 3.59. The monoisotopic (exact) mass is 351 g/mol. The summed E-state index contributed by atoms with van der Waals surface area (Å²) >= 11 is 0. The predicted octanol–water partition coefficient (Wildman–Crippen LogP) is 0.568. The zero-order valence-electron chi connectivity index (χ0n) is 13.7. The lowest BCUT2D eigenvalue weighted by atomic mass is 10.1. The number of carbonyl (C=O) groups excluding carboxylic acids is 2. The van der Waals surface area contributed by atoms with Crippen molar-refractivity contribution >= 4 is 27.5 Å².